The van der Waals surface area contributed by atoms with Gasteiger partial charge in [0.2, 0.25) is 0 Å². The molecule has 16 heavy (non-hydrogen) atoms. The molecule has 1 fully saturated rings. The zero-order valence-corrected chi connectivity index (χ0v) is 10.1. The first kappa shape index (κ1) is 14.1. The van der Waals surface area contributed by atoms with Gasteiger partial charge < -0.3 is 9.79 Å². The predicted octanol–water partition coefficient (Wildman–Crippen LogP) is 0.771. The zero-order valence-electron chi connectivity index (χ0n) is 9.25. The zero-order chi connectivity index (χ0) is 12.0. The number of hydrogen-bond donors (Lipinski definition) is 2. The molecule has 0 aromatic heterocycles. The molecule has 1 saturated heterocycles. The molecule has 0 amide bonds. The molecule has 1 rings (SSSR count). The van der Waals surface area contributed by atoms with E-state index >= 15 is 0 Å². The standard InChI is InChI=1S/C9H19NO5P/c11-7-6-10-5-2-1-3-9(10)4-8-15-16(12,13)14/h9H,1-8H2,(H2,12,13,14). The Kier molecular flexibility index (Phi) is 5.89. The van der Waals surface area contributed by atoms with Crippen LogP contribution in [0.3, 0.4) is 0 Å². The van der Waals surface area contributed by atoms with Crippen LogP contribution in [-0.2, 0) is 14.2 Å². The first-order valence-corrected chi connectivity index (χ1v) is 7.08. The molecule has 1 aliphatic rings. The normalized spacial score (nSPS) is 23.6. The highest BCUT2D eigenvalue weighted by Crippen LogP contribution is 2.36. The van der Waals surface area contributed by atoms with Gasteiger partial charge >= 0.3 is 7.82 Å². The Balaban J connectivity index is 2.29. The molecule has 0 saturated carbocycles. The van der Waals surface area contributed by atoms with Gasteiger partial charge in [0, 0.05) is 12.6 Å². The van der Waals surface area contributed by atoms with Crippen molar-refractivity contribution >= 4 is 7.82 Å². The summed E-state index contributed by atoms with van der Waals surface area (Å²) in [5.41, 5.74) is 0. The number of phosphoric ester groups is 1. The number of piperidine rings is 1. The summed E-state index contributed by atoms with van der Waals surface area (Å²) in [6.07, 6.45) is 3.75. The fourth-order valence-electron chi connectivity index (χ4n) is 2.11. The van der Waals surface area contributed by atoms with E-state index in [-0.39, 0.29) is 19.3 Å². The Morgan fingerprint density at radius 2 is 2.12 bits per heavy atom. The van der Waals surface area contributed by atoms with E-state index in [9.17, 15) is 9.67 Å². The van der Waals surface area contributed by atoms with Crippen molar-refractivity contribution in [1.29, 1.82) is 0 Å². The van der Waals surface area contributed by atoms with Gasteiger partial charge in [-0.05, 0) is 25.8 Å². The van der Waals surface area contributed by atoms with Crippen LogP contribution in [0.1, 0.15) is 25.7 Å². The Morgan fingerprint density at radius 3 is 2.75 bits per heavy atom. The molecule has 1 heterocycles. The SMILES string of the molecule is [O]CCN1CCCCC1CCOP(=O)(O)O. The molecule has 1 radical (unpaired) electrons. The van der Waals surface area contributed by atoms with Crippen LogP contribution in [0.5, 0.6) is 0 Å². The fraction of sp³-hybridized carbons (Fsp3) is 1.00. The molecule has 1 atom stereocenters. The highest BCUT2D eigenvalue weighted by Gasteiger charge is 2.23. The summed E-state index contributed by atoms with van der Waals surface area (Å²) in [5.74, 6) is 0. The Labute approximate surface area is 95.5 Å². The van der Waals surface area contributed by atoms with Gasteiger partial charge in [-0.15, -0.1) is 0 Å². The van der Waals surface area contributed by atoms with Crippen molar-refractivity contribution in [3.8, 4) is 0 Å². The summed E-state index contributed by atoms with van der Waals surface area (Å²) in [6.45, 7) is 1.34. The van der Waals surface area contributed by atoms with Gasteiger partial charge in [-0.1, -0.05) is 6.42 Å². The van der Waals surface area contributed by atoms with Crippen molar-refractivity contribution in [2.45, 2.75) is 31.7 Å². The molecule has 7 heteroatoms. The second-order valence-electron chi connectivity index (χ2n) is 4.00. The highest BCUT2D eigenvalue weighted by molar-refractivity contribution is 7.46. The largest absolute Gasteiger partial charge is 0.469 e. The van der Waals surface area contributed by atoms with Crippen molar-refractivity contribution < 1.29 is 24.0 Å². The molecule has 0 aliphatic carbocycles. The van der Waals surface area contributed by atoms with Gasteiger partial charge in [0.1, 0.15) is 0 Å². The van der Waals surface area contributed by atoms with Crippen LogP contribution in [0.25, 0.3) is 0 Å². The second-order valence-corrected chi connectivity index (χ2v) is 5.24. The van der Waals surface area contributed by atoms with Crippen LogP contribution in [0.2, 0.25) is 0 Å². The van der Waals surface area contributed by atoms with E-state index in [0.717, 1.165) is 25.8 Å². The fourth-order valence-corrected chi connectivity index (χ4v) is 2.45. The van der Waals surface area contributed by atoms with E-state index < -0.39 is 7.82 Å². The number of likely N-dealkylation sites (tertiary alicyclic amines) is 1. The van der Waals surface area contributed by atoms with Crippen molar-refractivity contribution in [2.75, 3.05) is 26.3 Å². The van der Waals surface area contributed by atoms with Crippen molar-refractivity contribution in [1.82, 2.24) is 4.90 Å². The lowest BCUT2D eigenvalue weighted by atomic mass is 10.00. The van der Waals surface area contributed by atoms with Gasteiger partial charge in [0.05, 0.1) is 13.2 Å². The summed E-state index contributed by atoms with van der Waals surface area (Å²) in [4.78, 5) is 19.2. The summed E-state index contributed by atoms with van der Waals surface area (Å²) in [6, 6.07) is 0.231. The van der Waals surface area contributed by atoms with Crippen LogP contribution in [0.15, 0.2) is 0 Å². The maximum absolute atomic E-state index is 10.6. The third kappa shape index (κ3) is 5.39. The number of hydrogen-bond acceptors (Lipinski definition) is 3. The lowest BCUT2D eigenvalue weighted by molar-refractivity contribution is 0.0754. The monoisotopic (exact) mass is 252 g/mol. The summed E-state index contributed by atoms with van der Waals surface area (Å²) < 4.78 is 14.9. The lowest BCUT2D eigenvalue weighted by Gasteiger charge is -2.35. The van der Waals surface area contributed by atoms with Crippen molar-refractivity contribution in [3.05, 3.63) is 0 Å². The molecule has 0 aromatic carbocycles. The maximum atomic E-state index is 10.6. The average molecular weight is 252 g/mol. The predicted molar refractivity (Wildman–Crippen MR) is 57.4 cm³/mol. The van der Waals surface area contributed by atoms with Crippen LogP contribution >= 0.6 is 7.82 Å². The highest BCUT2D eigenvalue weighted by atomic mass is 31.2. The topological polar surface area (TPSA) is 89.9 Å². The quantitative estimate of drug-likeness (QED) is 0.681. The lowest BCUT2D eigenvalue weighted by Crippen LogP contribution is -2.41. The van der Waals surface area contributed by atoms with E-state index in [2.05, 4.69) is 9.42 Å². The molecule has 2 N–H and O–H groups in total. The molecule has 0 spiro atoms. The Bertz CT molecular complexity index is 242. The van der Waals surface area contributed by atoms with E-state index in [1.54, 1.807) is 0 Å². The first-order valence-electron chi connectivity index (χ1n) is 5.55. The molecule has 0 aromatic rings. The minimum atomic E-state index is -4.35. The van der Waals surface area contributed by atoms with Crippen LogP contribution in [-0.4, -0.2) is 47.0 Å². The molecule has 95 valence electrons. The van der Waals surface area contributed by atoms with E-state index in [4.69, 9.17) is 9.79 Å². The smallest absolute Gasteiger partial charge is 0.303 e. The molecular formula is C9H19NO5P. The maximum Gasteiger partial charge on any atom is 0.469 e. The molecule has 1 unspecified atom stereocenters. The number of rotatable bonds is 6. The van der Waals surface area contributed by atoms with Crippen molar-refractivity contribution in [2.24, 2.45) is 0 Å². The van der Waals surface area contributed by atoms with E-state index in [1.165, 1.54) is 0 Å². The average Bonchev–Trinajstić information content (AvgIpc) is 2.19. The molecule has 0 bridgehead atoms. The van der Waals surface area contributed by atoms with E-state index in [1.807, 2.05) is 0 Å². The second kappa shape index (κ2) is 6.69. The summed E-state index contributed by atoms with van der Waals surface area (Å²) >= 11 is 0. The molecular weight excluding hydrogens is 233 g/mol. The minimum absolute atomic E-state index is 0.0459. The van der Waals surface area contributed by atoms with Gasteiger partial charge in [-0.3, -0.25) is 9.42 Å². The van der Waals surface area contributed by atoms with Crippen molar-refractivity contribution in [3.63, 3.8) is 0 Å². The summed E-state index contributed by atoms with van der Waals surface area (Å²) in [7, 11) is -4.35. The molecule has 6 nitrogen and oxygen atoms in total. The van der Waals surface area contributed by atoms with Crippen LogP contribution < -0.4 is 0 Å². The van der Waals surface area contributed by atoms with Gasteiger partial charge in [0.15, 0.2) is 0 Å². The van der Waals surface area contributed by atoms with Crippen LogP contribution in [0.4, 0.5) is 0 Å². The molecule has 1 aliphatic heterocycles. The van der Waals surface area contributed by atoms with Crippen LogP contribution in [0, 0.1) is 0 Å². The van der Waals surface area contributed by atoms with Gasteiger partial charge in [0.25, 0.3) is 0 Å². The van der Waals surface area contributed by atoms with E-state index in [0.29, 0.717) is 13.0 Å². The number of phosphoric acid groups is 1. The minimum Gasteiger partial charge on any atom is -0.303 e. The van der Waals surface area contributed by atoms with Gasteiger partial charge in [-0.25, -0.2) is 9.67 Å². The third-order valence-electron chi connectivity index (χ3n) is 2.84. The third-order valence-corrected chi connectivity index (χ3v) is 3.36. The Morgan fingerprint density at radius 1 is 1.38 bits per heavy atom. The Hall–Kier alpha value is 0.0300. The summed E-state index contributed by atoms with van der Waals surface area (Å²) in [5, 5.41) is 10.6. The number of nitrogens with zero attached hydrogens (tertiary/aromatic N) is 1. The van der Waals surface area contributed by atoms with Gasteiger partial charge in [-0.2, -0.15) is 0 Å². The first-order chi connectivity index (χ1) is 7.53.